The molecule has 1 atom stereocenters. The van der Waals surface area contributed by atoms with Crippen LogP contribution in [0.15, 0.2) is 18.2 Å². The molecule has 0 aliphatic rings. The quantitative estimate of drug-likeness (QED) is 0.854. The summed E-state index contributed by atoms with van der Waals surface area (Å²) in [7, 11) is 6.02. The number of benzene rings is 1. The Balaban J connectivity index is 3.35. The maximum absolute atomic E-state index is 13.5. The summed E-state index contributed by atoms with van der Waals surface area (Å²) in [6.45, 7) is 4.31. The second kappa shape index (κ2) is 6.69. The van der Waals surface area contributed by atoms with Gasteiger partial charge in [0.05, 0.1) is 6.04 Å². The molecule has 0 saturated carbocycles. The Hall–Kier alpha value is -0.640. The largest absolute Gasteiger partial charge is 0.311 e. The molecule has 0 spiro atoms. The minimum absolute atomic E-state index is 0.0132. The molecule has 0 heterocycles. The van der Waals surface area contributed by atoms with Gasteiger partial charge < -0.3 is 10.2 Å². The molecule has 4 heteroatoms. The van der Waals surface area contributed by atoms with E-state index < -0.39 is 0 Å². The van der Waals surface area contributed by atoms with Crippen LogP contribution in [-0.2, 0) is 0 Å². The van der Waals surface area contributed by atoms with Gasteiger partial charge in [-0.2, -0.15) is 0 Å². The third-order valence-corrected chi connectivity index (χ3v) is 4.55. The molecule has 1 rings (SSSR count). The van der Waals surface area contributed by atoms with Crippen molar-refractivity contribution >= 4 is 11.6 Å². The standard InChI is InChI=1S/C15H24ClFN2/c1-6-15(7-2,19(4)5)14(18-3)12-10-11(17)8-9-13(12)16/h8-10,14,18H,6-7H2,1-5H3. The summed E-state index contributed by atoms with van der Waals surface area (Å²) in [6, 6.07) is 4.55. The van der Waals surface area contributed by atoms with Crippen molar-refractivity contribution in [3.05, 3.63) is 34.6 Å². The van der Waals surface area contributed by atoms with Crippen LogP contribution in [0, 0.1) is 5.82 Å². The molecule has 0 bridgehead atoms. The van der Waals surface area contributed by atoms with E-state index in [0.717, 1.165) is 18.4 Å². The molecular weight excluding hydrogens is 263 g/mol. The zero-order valence-electron chi connectivity index (χ0n) is 12.4. The smallest absolute Gasteiger partial charge is 0.123 e. The van der Waals surface area contributed by atoms with Gasteiger partial charge in [0.1, 0.15) is 5.82 Å². The third-order valence-electron chi connectivity index (χ3n) is 4.21. The maximum Gasteiger partial charge on any atom is 0.123 e. The highest BCUT2D eigenvalue weighted by Gasteiger charge is 2.38. The Labute approximate surface area is 120 Å². The molecule has 0 saturated heterocycles. The van der Waals surface area contributed by atoms with Gasteiger partial charge in [0, 0.05) is 10.6 Å². The highest BCUT2D eigenvalue weighted by molar-refractivity contribution is 6.31. The Morgan fingerprint density at radius 2 is 1.89 bits per heavy atom. The number of nitrogens with one attached hydrogen (secondary N) is 1. The molecule has 19 heavy (non-hydrogen) atoms. The van der Waals surface area contributed by atoms with Gasteiger partial charge in [-0.3, -0.25) is 0 Å². The zero-order valence-corrected chi connectivity index (χ0v) is 13.2. The van der Waals surface area contributed by atoms with Crippen molar-refractivity contribution in [2.75, 3.05) is 21.1 Å². The topological polar surface area (TPSA) is 15.3 Å². The Kier molecular flexibility index (Phi) is 5.78. The first kappa shape index (κ1) is 16.4. The van der Waals surface area contributed by atoms with Gasteiger partial charge >= 0.3 is 0 Å². The van der Waals surface area contributed by atoms with Gasteiger partial charge in [0.25, 0.3) is 0 Å². The Bertz CT molecular complexity index is 417. The van der Waals surface area contributed by atoms with Crippen molar-refractivity contribution in [3.63, 3.8) is 0 Å². The second-order valence-electron chi connectivity index (χ2n) is 5.09. The fourth-order valence-corrected chi connectivity index (χ4v) is 3.23. The van der Waals surface area contributed by atoms with Gasteiger partial charge in [0.15, 0.2) is 0 Å². The minimum atomic E-state index is -0.250. The van der Waals surface area contributed by atoms with Gasteiger partial charge in [-0.1, -0.05) is 25.4 Å². The van der Waals surface area contributed by atoms with E-state index in [9.17, 15) is 4.39 Å². The summed E-state index contributed by atoms with van der Waals surface area (Å²) in [5.74, 6) is -0.250. The van der Waals surface area contributed by atoms with Crippen LogP contribution in [0.4, 0.5) is 4.39 Å². The SMILES string of the molecule is CCC(CC)(C(NC)c1cc(F)ccc1Cl)N(C)C. The number of likely N-dealkylation sites (N-methyl/N-ethyl adjacent to an activating group) is 2. The van der Waals surface area contributed by atoms with Crippen molar-refractivity contribution in [1.82, 2.24) is 10.2 Å². The van der Waals surface area contributed by atoms with E-state index in [4.69, 9.17) is 11.6 Å². The van der Waals surface area contributed by atoms with Crippen LogP contribution in [0.2, 0.25) is 5.02 Å². The van der Waals surface area contributed by atoms with Gasteiger partial charge in [-0.15, -0.1) is 0 Å². The van der Waals surface area contributed by atoms with Gasteiger partial charge in [-0.05, 0) is 57.7 Å². The zero-order chi connectivity index (χ0) is 14.6. The van der Waals surface area contributed by atoms with Crippen LogP contribution in [0.3, 0.4) is 0 Å². The average Bonchev–Trinajstić information content (AvgIpc) is 2.39. The molecule has 1 aromatic rings. The maximum atomic E-state index is 13.5. The van der Waals surface area contributed by atoms with Crippen LogP contribution >= 0.6 is 11.6 Å². The number of nitrogens with zero attached hydrogens (tertiary/aromatic N) is 1. The molecule has 0 aliphatic heterocycles. The molecule has 0 aliphatic carbocycles. The van der Waals surface area contributed by atoms with E-state index in [0.29, 0.717) is 5.02 Å². The lowest BCUT2D eigenvalue weighted by molar-refractivity contribution is 0.0917. The summed E-state index contributed by atoms with van der Waals surface area (Å²) >= 11 is 6.27. The molecule has 0 aromatic heterocycles. The molecule has 0 fully saturated rings. The first-order chi connectivity index (χ1) is 8.92. The lowest BCUT2D eigenvalue weighted by Gasteiger charge is -2.45. The van der Waals surface area contributed by atoms with E-state index >= 15 is 0 Å². The second-order valence-corrected chi connectivity index (χ2v) is 5.50. The van der Waals surface area contributed by atoms with Crippen molar-refractivity contribution in [2.45, 2.75) is 38.3 Å². The monoisotopic (exact) mass is 286 g/mol. The highest BCUT2D eigenvalue weighted by Crippen LogP contribution is 2.38. The molecule has 1 unspecified atom stereocenters. The number of hydrogen-bond acceptors (Lipinski definition) is 2. The lowest BCUT2D eigenvalue weighted by Crippen LogP contribution is -2.52. The average molecular weight is 287 g/mol. The normalized spacial score (nSPS) is 13.9. The van der Waals surface area contributed by atoms with E-state index in [1.54, 1.807) is 6.07 Å². The Morgan fingerprint density at radius 1 is 1.32 bits per heavy atom. The van der Waals surface area contributed by atoms with Crippen LogP contribution < -0.4 is 5.32 Å². The van der Waals surface area contributed by atoms with Crippen molar-refractivity contribution in [3.8, 4) is 0 Å². The van der Waals surface area contributed by atoms with E-state index in [1.807, 2.05) is 7.05 Å². The van der Waals surface area contributed by atoms with Crippen LogP contribution in [0.1, 0.15) is 38.3 Å². The predicted molar refractivity (Wildman–Crippen MR) is 80.2 cm³/mol. The van der Waals surface area contributed by atoms with E-state index in [1.165, 1.54) is 12.1 Å². The fraction of sp³-hybridized carbons (Fsp3) is 0.600. The van der Waals surface area contributed by atoms with E-state index in [2.05, 4.69) is 38.2 Å². The van der Waals surface area contributed by atoms with Gasteiger partial charge in [0.2, 0.25) is 0 Å². The van der Waals surface area contributed by atoms with Crippen LogP contribution in [0.5, 0.6) is 0 Å². The number of halogens is 2. The van der Waals surface area contributed by atoms with Crippen molar-refractivity contribution < 1.29 is 4.39 Å². The first-order valence-electron chi connectivity index (χ1n) is 6.72. The highest BCUT2D eigenvalue weighted by atomic mass is 35.5. The molecular formula is C15H24ClFN2. The van der Waals surface area contributed by atoms with Crippen molar-refractivity contribution in [1.29, 1.82) is 0 Å². The van der Waals surface area contributed by atoms with E-state index in [-0.39, 0.29) is 17.4 Å². The summed E-state index contributed by atoms with van der Waals surface area (Å²) in [4.78, 5) is 2.20. The molecule has 0 amide bonds. The molecule has 1 aromatic carbocycles. The summed E-state index contributed by atoms with van der Waals surface area (Å²) in [5.41, 5.74) is 0.730. The van der Waals surface area contributed by atoms with Crippen molar-refractivity contribution in [2.24, 2.45) is 0 Å². The predicted octanol–water partition coefficient (Wildman–Crippen LogP) is 3.86. The third kappa shape index (κ3) is 3.10. The first-order valence-corrected chi connectivity index (χ1v) is 7.10. The number of rotatable bonds is 6. The van der Waals surface area contributed by atoms with Gasteiger partial charge in [-0.25, -0.2) is 4.39 Å². The minimum Gasteiger partial charge on any atom is -0.311 e. The fourth-order valence-electron chi connectivity index (χ4n) is 3.00. The van der Waals surface area contributed by atoms with Crippen LogP contribution in [0.25, 0.3) is 0 Å². The molecule has 0 radical (unpaired) electrons. The van der Waals surface area contributed by atoms with Crippen LogP contribution in [-0.4, -0.2) is 31.6 Å². The number of hydrogen-bond donors (Lipinski definition) is 1. The molecule has 2 nitrogen and oxygen atoms in total. The summed E-state index contributed by atoms with van der Waals surface area (Å²) < 4.78 is 13.5. The lowest BCUT2D eigenvalue weighted by atomic mass is 9.79. The molecule has 108 valence electrons. The summed E-state index contributed by atoms with van der Waals surface area (Å²) in [5, 5.41) is 3.92. The Morgan fingerprint density at radius 3 is 2.32 bits per heavy atom. The summed E-state index contributed by atoms with van der Waals surface area (Å²) in [6.07, 6.45) is 1.91. The molecule has 1 N–H and O–H groups in total.